The second-order valence-corrected chi connectivity index (χ2v) is 12.4. The van der Waals surface area contributed by atoms with Gasteiger partial charge in [0.05, 0.1) is 0 Å². The smallest absolute Gasteiger partial charge is 0.232 e. The van der Waals surface area contributed by atoms with Crippen LogP contribution in [-0.2, 0) is 5.41 Å². The Bertz CT molecular complexity index is 1050. The maximum atomic E-state index is 13.6. The standard InChI is InChI=1S/C30H43FN6S/c1-22-8-6-16-36(19-22)26-18-27(37-17-7-9-23(2)20-37)34-28(33-26)35-29(38)32-21-30(14-4-3-5-15-30)24-10-12-25(31)13-11-24/h10-13,18,22-23H,3-9,14-17,19-21H2,1-2H3,(H2,32,33,34,35,38). The molecule has 5 rings (SSSR count). The molecule has 1 saturated carbocycles. The fourth-order valence-corrected chi connectivity index (χ4v) is 6.76. The molecule has 2 N–H and O–H groups in total. The summed E-state index contributed by atoms with van der Waals surface area (Å²) in [5, 5.41) is 7.35. The Hall–Kier alpha value is -2.48. The van der Waals surface area contributed by atoms with Gasteiger partial charge in [-0.3, -0.25) is 0 Å². The zero-order valence-electron chi connectivity index (χ0n) is 23.0. The number of piperidine rings is 2. The Morgan fingerprint density at radius 3 is 2.05 bits per heavy atom. The predicted molar refractivity (Wildman–Crippen MR) is 159 cm³/mol. The van der Waals surface area contributed by atoms with Gasteiger partial charge in [0.1, 0.15) is 17.5 Å². The SMILES string of the molecule is CC1CCCN(c2cc(N3CCCC(C)C3)nc(NC(=S)NCC3(c4ccc(F)cc4)CCCCC3)n2)C1. The van der Waals surface area contributed by atoms with Gasteiger partial charge >= 0.3 is 0 Å². The second-order valence-electron chi connectivity index (χ2n) is 12.0. The molecule has 1 aromatic heterocycles. The third kappa shape index (κ3) is 6.56. The zero-order valence-corrected chi connectivity index (χ0v) is 23.8. The summed E-state index contributed by atoms with van der Waals surface area (Å²) >= 11 is 5.77. The number of hydrogen-bond acceptors (Lipinski definition) is 5. The predicted octanol–water partition coefficient (Wildman–Crippen LogP) is 6.28. The molecule has 3 aliphatic rings. The summed E-state index contributed by atoms with van der Waals surface area (Å²) in [6, 6.07) is 9.20. The van der Waals surface area contributed by atoms with Crippen LogP contribution in [0.3, 0.4) is 0 Å². The number of benzene rings is 1. The van der Waals surface area contributed by atoms with E-state index in [0.29, 0.717) is 29.4 Å². The van der Waals surface area contributed by atoms with Crippen LogP contribution in [0.4, 0.5) is 22.0 Å². The van der Waals surface area contributed by atoms with Crippen molar-refractivity contribution in [2.45, 2.75) is 77.0 Å². The fourth-order valence-electron chi connectivity index (χ4n) is 6.59. The molecule has 1 aliphatic carbocycles. The van der Waals surface area contributed by atoms with Crippen LogP contribution in [0.2, 0.25) is 0 Å². The fraction of sp³-hybridized carbons (Fsp3) is 0.633. The summed E-state index contributed by atoms with van der Waals surface area (Å²) in [5.74, 6) is 3.67. The van der Waals surface area contributed by atoms with Crippen molar-refractivity contribution in [3.8, 4) is 0 Å². The highest BCUT2D eigenvalue weighted by Gasteiger charge is 2.34. The molecule has 2 aliphatic heterocycles. The summed E-state index contributed by atoms with van der Waals surface area (Å²) in [4.78, 5) is 14.7. The van der Waals surface area contributed by atoms with Crippen LogP contribution in [0.25, 0.3) is 0 Å². The van der Waals surface area contributed by atoms with Crippen molar-refractivity contribution in [1.82, 2.24) is 15.3 Å². The average molecular weight is 539 g/mol. The number of anilines is 3. The highest BCUT2D eigenvalue weighted by atomic mass is 32.1. The molecule has 0 spiro atoms. The van der Waals surface area contributed by atoms with Gasteiger partial charge in [-0.2, -0.15) is 9.97 Å². The molecule has 2 aromatic rings. The van der Waals surface area contributed by atoms with Crippen molar-refractivity contribution >= 4 is 34.9 Å². The van der Waals surface area contributed by atoms with Crippen LogP contribution in [-0.4, -0.2) is 47.8 Å². The lowest BCUT2D eigenvalue weighted by atomic mass is 9.69. The van der Waals surface area contributed by atoms with E-state index in [1.165, 1.54) is 50.5 Å². The van der Waals surface area contributed by atoms with E-state index in [1.807, 2.05) is 12.1 Å². The summed E-state index contributed by atoms with van der Waals surface area (Å²) in [6.07, 6.45) is 10.7. The maximum absolute atomic E-state index is 13.6. The molecule has 2 atom stereocenters. The van der Waals surface area contributed by atoms with Crippen LogP contribution in [0, 0.1) is 17.7 Å². The van der Waals surface area contributed by atoms with Gasteiger partial charge in [-0.25, -0.2) is 4.39 Å². The lowest BCUT2D eigenvalue weighted by Crippen LogP contribution is -2.44. The lowest BCUT2D eigenvalue weighted by Gasteiger charge is -2.38. The first-order valence-corrected chi connectivity index (χ1v) is 15.0. The molecule has 38 heavy (non-hydrogen) atoms. The average Bonchev–Trinajstić information content (AvgIpc) is 2.93. The molecule has 6 nitrogen and oxygen atoms in total. The summed E-state index contributed by atoms with van der Waals surface area (Å²) in [7, 11) is 0. The number of nitrogens with zero attached hydrogens (tertiary/aromatic N) is 4. The Morgan fingerprint density at radius 1 is 0.921 bits per heavy atom. The van der Waals surface area contributed by atoms with Crippen LogP contribution in [0.15, 0.2) is 30.3 Å². The van der Waals surface area contributed by atoms with E-state index in [9.17, 15) is 4.39 Å². The van der Waals surface area contributed by atoms with Gasteiger partial charge in [0.2, 0.25) is 5.95 Å². The van der Waals surface area contributed by atoms with E-state index in [0.717, 1.165) is 50.7 Å². The first-order chi connectivity index (χ1) is 18.4. The van der Waals surface area contributed by atoms with Crippen LogP contribution in [0.1, 0.15) is 77.2 Å². The molecule has 8 heteroatoms. The van der Waals surface area contributed by atoms with Crippen molar-refractivity contribution in [2.75, 3.05) is 47.8 Å². The van der Waals surface area contributed by atoms with E-state index in [2.05, 4.69) is 40.3 Å². The Morgan fingerprint density at radius 2 is 1.50 bits per heavy atom. The topological polar surface area (TPSA) is 56.3 Å². The number of hydrogen-bond donors (Lipinski definition) is 2. The monoisotopic (exact) mass is 538 g/mol. The van der Waals surface area contributed by atoms with Gasteiger partial charge in [-0.05, 0) is 80.3 Å². The van der Waals surface area contributed by atoms with Gasteiger partial charge in [0.25, 0.3) is 0 Å². The largest absolute Gasteiger partial charge is 0.361 e. The Labute approximate surface area is 232 Å². The van der Waals surface area contributed by atoms with Crippen LogP contribution < -0.4 is 20.4 Å². The Kier molecular flexibility index (Phi) is 8.66. The second kappa shape index (κ2) is 12.1. The molecule has 0 amide bonds. The van der Waals surface area contributed by atoms with Gasteiger partial charge < -0.3 is 20.4 Å². The minimum absolute atomic E-state index is 0.0422. The van der Waals surface area contributed by atoms with Crippen molar-refractivity contribution < 1.29 is 4.39 Å². The molecule has 206 valence electrons. The van der Waals surface area contributed by atoms with E-state index in [-0.39, 0.29) is 11.2 Å². The number of rotatable bonds is 6. The van der Waals surface area contributed by atoms with Gasteiger partial charge in [0, 0.05) is 44.2 Å². The molecule has 2 unspecified atom stereocenters. The minimum atomic E-state index is -0.191. The summed E-state index contributed by atoms with van der Waals surface area (Å²) in [5.41, 5.74) is 1.15. The molecule has 0 radical (unpaired) electrons. The highest BCUT2D eigenvalue weighted by molar-refractivity contribution is 7.80. The van der Waals surface area contributed by atoms with E-state index in [1.54, 1.807) is 12.1 Å². The van der Waals surface area contributed by atoms with Gasteiger partial charge in [0.15, 0.2) is 5.11 Å². The van der Waals surface area contributed by atoms with Crippen molar-refractivity contribution in [3.63, 3.8) is 0 Å². The molecule has 0 bridgehead atoms. The summed E-state index contributed by atoms with van der Waals surface area (Å²) in [6.45, 7) is 9.45. The van der Waals surface area contributed by atoms with Crippen LogP contribution in [0.5, 0.6) is 0 Å². The highest BCUT2D eigenvalue weighted by Crippen LogP contribution is 2.39. The molecule has 2 saturated heterocycles. The van der Waals surface area contributed by atoms with Crippen molar-refractivity contribution in [3.05, 3.63) is 41.7 Å². The number of nitrogens with one attached hydrogen (secondary N) is 2. The molecule has 3 heterocycles. The normalized spacial score (nSPS) is 23.7. The molecule has 1 aromatic carbocycles. The van der Waals surface area contributed by atoms with Crippen molar-refractivity contribution in [2.24, 2.45) is 11.8 Å². The van der Waals surface area contributed by atoms with E-state index >= 15 is 0 Å². The number of aromatic nitrogens is 2. The maximum Gasteiger partial charge on any atom is 0.232 e. The number of thiocarbonyl (C=S) groups is 1. The zero-order chi connectivity index (χ0) is 26.5. The van der Waals surface area contributed by atoms with E-state index < -0.39 is 0 Å². The molecular weight excluding hydrogens is 495 g/mol. The first-order valence-electron chi connectivity index (χ1n) is 14.6. The van der Waals surface area contributed by atoms with Gasteiger partial charge in [-0.1, -0.05) is 45.2 Å². The van der Waals surface area contributed by atoms with Gasteiger partial charge in [-0.15, -0.1) is 0 Å². The van der Waals surface area contributed by atoms with Crippen LogP contribution >= 0.6 is 12.2 Å². The number of halogens is 1. The lowest BCUT2D eigenvalue weighted by molar-refractivity contribution is 0.292. The first kappa shape index (κ1) is 27.1. The van der Waals surface area contributed by atoms with Crippen molar-refractivity contribution in [1.29, 1.82) is 0 Å². The summed E-state index contributed by atoms with van der Waals surface area (Å²) < 4.78 is 13.6. The van der Waals surface area contributed by atoms with E-state index in [4.69, 9.17) is 22.2 Å². The Balaban J connectivity index is 1.33. The molecule has 3 fully saturated rings. The third-order valence-electron chi connectivity index (χ3n) is 8.74. The quantitative estimate of drug-likeness (QED) is 0.420. The minimum Gasteiger partial charge on any atom is -0.361 e. The third-order valence-corrected chi connectivity index (χ3v) is 8.99. The molecular formula is C30H43FN6S.